The van der Waals surface area contributed by atoms with Crippen LogP contribution in [0.25, 0.3) is 0 Å². The van der Waals surface area contributed by atoms with E-state index in [9.17, 15) is 19.5 Å². The van der Waals surface area contributed by atoms with Gasteiger partial charge >= 0.3 is 5.97 Å². The zero-order valence-corrected chi connectivity index (χ0v) is 21.0. The zero-order chi connectivity index (χ0) is 24.1. The maximum atomic E-state index is 14.2. The van der Waals surface area contributed by atoms with E-state index < -0.39 is 39.4 Å². The van der Waals surface area contributed by atoms with E-state index in [1.165, 1.54) is 0 Å². The summed E-state index contributed by atoms with van der Waals surface area (Å²) < 4.78 is 3.91. The van der Waals surface area contributed by atoms with E-state index in [-0.39, 0.29) is 37.0 Å². The second-order valence-electron chi connectivity index (χ2n) is 10.3. The standard InChI is InChI=1S/C25H36N2O5S/c1-6-9-16(4)26-12-7-11-25-18(19-23(31)32-13-8-10-24(19,5)33-25)21(29)27(20(25)22(26)30)17(14-28)15(2)3/h7-8,10-11,15-20,28H,6,9,12-14H2,1-5H3/t16?,17-,18-,19+,20?,24-,25-/m0/s1. The first-order valence-corrected chi connectivity index (χ1v) is 12.9. The van der Waals surface area contributed by atoms with Gasteiger partial charge in [0.2, 0.25) is 11.8 Å². The molecule has 4 rings (SSSR count). The second kappa shape index (κ2) is 8.77. The molecule has 4 aliphatic rings. The van der Waals surface area contributed by atoms with Gasteiger partial charge in [0.1, 0.15) is 12.6 Å². The van der Waals surface area contributed by atoms with Crippen molar-refractivity contribution in [1.29, 1.82) is 0 Å². The van der Waals surface area contributed by atoms with Gasteiger partial charge in [0.25, 0.3) is 0 Å². The van der Waals surface area contributed by atoms with E-state index in [2.05, 4.69) is 6.92 Å². The molecule has 2 saturated heterocycles. The zero-order valence-electron chi connectivity index (χ0n) is 20.2. The summed E-state index contributed by atoms with van der Waals surface area (Å²) in [7, 11) is 0. The molecule has 0 aromatic carbocycles. The SMILES string of the molecule is CCCC(C)N1CC=C[C@]23S[C@@]4(C)C=CCOC(=O)[C@H]4[C@H]2C(=O)N([C@@H](CO)C(C)C)C3C1=O. The van der Waals surface area contributed by atoms with E-state index in [4.69, 9.17) is 4.74 Å². The Morgan fingerprint density at radius 3 is 2.52 bits per heavy atom. The Balaban J connectivity index is 1.89. The number of hydrogen-bond donors (Lipinski definition) is 1. The first-order chi connectivity index (χ1) is 15.6. The van der Waals surface area contributed by atoms with Crippen LogP contribution in [0.1, 0.15) is 47.5 Å². The molecule has 4 aliphatic heterocycles. The van der Waals surface area contributed by atoms with Crippen LogP contribution in [0.15, 0.2) is 24.3 Å². The van der Waals surface area contributed by atoms with E-state index in [1.54, 1.807) is 16.7 Å². The molecule has 0 bridgehead atoms. The van der Waals surface area contributed by atoms with Crippen molar-refractivity contribution >= 4 is 29.5 Å². The molecule has 182 valence electrons. The number of nitrogens with zero attached hydrogens (tertiary/aromatic N) is 2. The third-order valence-electron chi connectivity index (χ3n) is 7.83. The molecule has 7 atom stereocenters. The van der Waals surface area contributed by atoms with Gasteiger partial charge in [-0.1, -0.05) is 45.4 Å². The van der Waals surface area contributed by atoms with Crippen molar-refractivity contribution in [1.82, 2.24) is 9.80 Å². The predicted octanol–water partition coefficient (Wildman–Crippen LogP) is 2.39. The van der Waals surface area contributed by atoms with Crippen molar-refractivity contribution in [2.75, 3.05) is 19.8 Å². The summed E-state index contributed by atoms with van der Waals surface area (Å²) in [6.45, 7) is 10.4. The molecule has 0 aliphatic carbocycles. The number of fused-ring (bicyclic) bond motifs is 2. The van der Waals surface area contributed by atoms with Crippen molar-refractivity contribution in [3.05, 3.63) is 24.3 Å². The van der Waals surface area contributed by atoms with Gasteiger partial charge in [-0.2, -0.15) is 0 Å². The molecule has 2 amide bonds. The van der Waals surface area contributed by atoms with Crippen LogP contribution >= 0.6 is 11.8 Å². The lowest BCUT2D eigenvalue weighted by molar-refractivity contribution is -0.153. The van der Waals surface area contributed by atoms with Crippen LogP contribution in [0.3, 0.4) is 0 Å². The van der Waals surface area contributed by atoms with Gasteiger partial charge in [-0.3, -0.25) is 14.4 Å². The summed E-state index contributed by atoms with van der Waals surface area (Å²) in [6.07, 6.45) is 9.63. The minimum atomic E-state index is -0.892. The molecule has 7 nitrogen and oxygen atoms in total. The lowest BCUT2D eigenvalue weighted by Crippen LogP contribution is -2.58. The number of thioether (sulfide) groups is 1. The summed E-state index contributed by atoms with van der Waals surface area (Å²) in [5.74, 6) is -2.18. The highest BCUT2D eigenvalue weighted by molar-refractivity contribution is 8.02. The first-order valence-electron chi connectivity index (χ1n) is 12.1. The van der Waals surface area contributed by atoms with Crippen molar-refractivity contribution < 1.29 is 24.2 Å². The summed E-state index contributed by atoms with van der Waals surface area (Å²) >= 11 is 1.54. The normalized spacial score (nSPS) is 37.4. The molecule has 4 heterocycles. The number of aliphatic hydroxyl groups excluding tert-OH is 1. The Hall–Kier alpha value is -1.80. The van der Waals surface area contributed by atoms with Crippen LogP contribution in [-0.2, 0) is 19.1 Å². The van der Waals surface area contributed by atoms with Gasteiger partial charge in [0, 0.05) is 17.3 Å². The number of hydrogen-bond acceptors (Lipinski definition) is 6. The molecule has 8 heteroatoms. The van der Waals surface area contributed by atoms with Crippen molar-refractivity contribution in [2.24, 2.45) is 17.8 Å². The number of likely N-dealkylation sites (tertiary alicyclic amines) is 1. The first kappa shape index (κ1) is 24.3. The fraction of sp³-hybridized carbons (Fsp3) is 0.720. The maximum absolute atomic E-state index is 14.2. The lowest BCUT2D eigenvalue weighted by Gasteiger charge is -2.41. The summed E-state index contributed by atoms with van der Waals surface area (Å²) in [6, 6.07) is -1.25. The Morgan fingerprint density at radius 1 is 1.15 bits per heavy atom. The number of aliphatic hydroxyl groups is 1. The molecule has 2 unspecified atom stereocenters. The predicted molar refractivity (Wildman–Crippen MR) is 127 cm³/mol. The molecule has 1 N–H and O–H groups in total. The summed E-state index contributed by atoms with van der Waals surface area (Å²) in [5.41, 5.74) is 0. The quantitative estimate of drug-likeness (QED) is 0.468. The molecule has 0 saturated carbocycles. The largest absolute Gasteiger partial charge is 0.461 e. The Kier molecular flexibility index (Phi) is 6.46. The maximum Gasteiger partial charge on any atom is 0.311 e. The fourth-order valence-corrected chi connectivity index (χ4v) is 8.40. The van der Waals surface area contributed by atoms with Crippen molar-refractivity contribution in [3.63, 3.8) is 0 Å². The van der Waals surface area contributed by atoms with E-state index in [0.29, 0.717) is 6.54 Å². The van der Waals surface area contributed by atoms with E-state index in [1.807, 2.05) is 56.9 Å². The minimum Gasteiger partial charge on any atom is -0.461 e. The molecule has 2 fully saturated rings. The third-order valence-corrected chi connectivity index (χ3v) is 9.63. The van der Waals surface area contributed by atoms with Crippen LogP contribution in [0.4, 0.5) is 0 Å². The monoisotopic (exact) mass is 476 g/mol. The second-order valence-corrected chi connectivity index (χ2v) is 12.1. The average molecular weight is 477 g/mol. The van der Waals surface area contributed by atoms with Gasteiger partial charge in [-0.15, -0.1) is 11.8 Å². The number of amides is 2. The Bertz CT molecular complexity index is 888. The highest BCUT2D eigenvalue weighted by Crippen LogP contribution is 2.65. The van der Waals surface area contributed by atoms with Gasteiger partial charge < -0.3 is 19.6 Å². The van der Waals surface area contributed by atoms with Crippen LogP contribution in [0.5, 0.6) is 0 Å². The van der Waals surface area contributed by atoms with Crippen LogP contribution in [-0.4, -0.2) is 80.1 Å². The highest BCUT2D eigenvalue weighted by Gasteiger charge is 2.74. The third kappa shape index (κ3) is 3.55. The number of esters is 1. The average Bonchev–Trinajstić information content (AvgIpc) is 3.00. The molecular formula is C25H36N2O5S. The van der Waals surface area contributed by atoms with Crippen molar-refractivity contribution in [3.8, 4) is 0 Å². The molecule has 0 aromatic heterocycles. The topological polar surface area (TPSA) is 87.2 Å². The van der Waals surface area contributed by atoms with Gasteiger partial charge in [0.05, 0.1) is 29.2 Å². The van der Waals surface area contributed by atoms with Gasteiger partial charge in [0.15, 0.2) is 0 Å². The molecule has 33 heavy (non-hydrogen) atoms. The number of cyclic esters (lactones) is 1. The molecular weight excluding hydrogens is 440 g/mol. The lowest BCUT2D eigenvalue weighted by atomic mass is 9.75. The van der Waals surface area contributed by atoms with Crippen LogP contribution in [0, 0.1) is 17.8 Å². The molecule has 1 spiro atoms. The number of carbonyl (C=O) groups excluding carboxylic acids is 3. The smallest absolute Gasteiger partial charge is 0.311 e. The van der Waals surface area contributed by atoms with E-state index in [0.717, 1.165) is 12.8 Å². The van der Waals surface area contributed by atoms with Crippen LogP contribution in [0.2, 0.25) is 0 Å². The Morgan fingerprint density at radius 2 is 1.88 bits per heavy atom. The minimum absolute atomic E-state index is 0.0299. The highest BCUT2D eigenvalue weighted by atomic mass is 32.2. The van der Waals surface area contributed by atoms with Gasteiger partial charge in [-0.25, -0.2) is 0 Å². The molecule has 0 aromatic rings. The Labute approximate surface area is 200 Å². The van der Waals surface area contributed by atoms with E-state index >= 15 is 0 Å². The summed E-state index contributed by atoms with van der Waals surface area (Å²) in [5, 5.41) is 10.3. The molecule has 0 radical (unpaired) electrons. The fourth-order valence-electron chi connectivity index (χ4n) is 6.26. The van der Waals surface area contributed by atoms with Gasteiger partial charge in [-0.05, 0) is 32.3 Å². The van der Waals surface area contributed by atoms with Crippen LogP contribution < -0.4 is 0 Å². The number of rotatable bonds is 6. The summed E-state index contributed by atoms with van der Waals surface area (Å²) in [4.78, 5) is 45.0. The van der Waals surface area contributed by atoms with Crippen molar-refractivity contribution in [2.45, 2.75) is 75.1 Å². The number of carbonyl (C=O) groups is 3. The number of ether oxygens (including phenoxy) is 1.